The average molecular weight is 239 g/mol. The van der Waals surface area contributed by atoms with Crippen LogP contribution in [0.5, 0.6) is 5.75 Å². The second-order valence-electron chi connectivity index (χ2n) is 3.46. The monoisotopic (exact) mass is 239 g/mol. The molecule has 6 heteroatoms. The molecule has 92 valence electrons. The van der Waals surface area contributed by atoms with Gasteiger partial charge in [0.05, 0.1) is 18.5 Å². The molecule has 0 fully saturated rings. The number of esters is 1. The fraction of sp³-hybridized carbons (Fsp3) is 0.364. The molecule has 0 aliphatic carbocycles. The molecule has 0 amide bonds. The fourth-order valence-electron chi connectivity index (χ4n) is 1.24. The Labute approximate surface area is 98.3 Å². The van der Waals surface area contributed by atoms with Crippen molar-refractivity contribution in [1.29, 1.82) is 0 Å². The smallest absolute Gasteiger partial charge is 0.309 e. The number of nitro groups is 1. The molecule has 0 saturated heterocycles. The molecule has 17 heavy (non-hydrogen) atoms. The van der Waals surface area contributed by atoms with Gasteiger partial charge in [0.15, 0.2) is 0 Å². The van der Waals surface area contributed by atoms with Crippen molar-refractivity contribution in [3.8, 4) is 5.75 Å². The molecule has 1 aromatic rings. The van der Waals surface area contributed by atoms with Crippen LogP contribution in [-0.4, -0.2) is 24.1 Å². The van der Waals surface area contributed by atoms with Crippen LogP contribution in [-0.2, 0) is 9.53 Å². The van der Waals surface area contributed by atoms with Gasteiger partial charge in [0, 0.05) is 12.1 Å². The molecule has 6 nitrogen and oxygen atoms in total. The average Bonchev–Trinajstić information content (AvgIpc) is 2.29. The maximum atomic E-state index is 11.0. The Hall–Kier alpha value is -2.11. The predicted molar refractivity (Wildman–Crippen MR) is 59.8 cm³/mol. The summed E-state index contributed by atoms with van der Waals surface area (Å²) in [5.74, 6) is 0.117. The highest BCUT2D eigenvalue weighted by atomic mass is 16.6. The fourth-order valence-corrected chi connectivity index (χ4v) is 1.24. The SMILES string of the molecule is COC(=O)CC(C)Oc1ccc([N+](=O)[O-])cc1. The third kappa shape index (κ3) is 4.10. The lowest BCUT2D eigenvalue weighted by atomic mass is 10.2. The van der Waals surface area contributed by atoms with E-state index in [1.165, 1.54) is 31.4 Å². The normalized spacial score (nSPS) is 11.6. The predicted octanol–water partition coefficient (Wildman–Crippen LogP) is 1.93. The van der Waals surface area contributed by atoms with E-state index >= 15 is 0 Å². The summed E-state index contributed by atoms with van der Waals surface area (Å²) < 4.78 is 9.90. The zero-order valence-electron chi connectivity index (χ0n) is 9.58. The summed E-state index contributed by atoms with van der Waals surface area (Å²) in [5.41, 5.74) is -0.00188. The van der Waals surface area contributed by atoms with Crippen LogP contribution in [0.2, 0.25) is 0 Å². The standard InChI is InChI=1S/C11H13NO5/c1-8(7-11(13)16-2)17-10-5-3-9(4-6-10)12(14)15/h3-6,8H,7H2,1-2H3. The number of hydrogen-bond acceptors (Lipinski definition) is 5. The van der Waals surface area contributed by atoms with Crippen LogP contribution in [0, 0.1) is 10.1 Å². The van der Waals surface area contributed by atoms with E-state index in [0.29, 0.717) is 5.75 Å². The van der Waals surface area contributed by atoms with Crippen LogP contribution in [0.1, 0.15) is 13.3 Å². The Bertz CT molecular complexity index is 401. The van der Waals surface area contributed by atoms with Gasteiger partial charge < -0.3 is 9.47 Å². The van der Waals surface area contributed by atoms with Crippen LogP contribution in [0.15, 0.2) is 24.3 Å². The lowest BCUT2D eigenvalue weighted by Crippen LogP contribution is -2.17. The number of nitrogens with zero attached hydrogens (tertiary/aromatic N) is 1. The van der Waals surface area contributed by atoms with Gasteiger partial charge in [-0.3, -0.25) is 14.9 Å². The van der Waals surface area contributed by atoms with E-state index < -0.39 is 4.92 Å². The minimum atomic E-state index is -0.484. The molecule has 0 spiro atoms. The number of rotatable bonds is 5. The van der Waals surface area contributed by atoms with E-state index in [9.17, 15) is 14.9 Å². The maximum absolute atomic E-state index is 11.0. The van der Waals surface area contributed by atoms with E-state index in [2.05, 4.69) is 4.74 Å². The molecule has 0 heterocycles. The first kappa shape index (κ1) is 13.0. The molecule has 0 bridgehead atoms. The second-order valence-corrected chi connectivity index (χ2v) is 3.46. The Kier molecular flexibility index (Phi) is 4.45. The Morgan fingerprint density at radius 1 is 1.41 bits per heavy atom. The van der Waals surface area contributed by atoms with Crippen molar-refractivity contribution in [1.82, 2.24) is 0 Å². The van der Waals surface area contributed by atoms with Crippen LogP contribution in [0.25, 0.3) is 0 Å². The topological polar surface area (TPSA) is 78.7 Å². The van der Waals surface area contributed by atoms with Crippen LogP contribution in [0.3, 0.4) is 0 Å². The molecule has 1 aromatic carbocycles. The zero-order chi connectivity index (χ0) is 12.8. The zero-order valence-corrected chi connectivity index (χ0v) is 9.58. The first-order valence-electron chi connectivity index (χ1n) is 5.01. The third-order valence-electron chi connectivity index (χ3n) is 2.07. The minimum absolute atomic E-state index is 0.00188. The van der Waals surface area contributed by atoms with Gasteiger partial charge in [0.2, 0.25) is 0 Å². The maximum Gasteiger partial charge on any atom is 0.309 e. The molecular formula is C11H13NO5. The number of nitro benzene ring substituents is 1. The van der Waals surface area contributed by atoms with Crippen molar-refractivity contribution in [3.05, 3.63) is 34.4 Å². The summed E-state index contributed by atoms with van der Waals surface area (Å²) in [6, 6.07) is 5.68. The Morgan fingerprint density at radius 2 is 2.00 bits per heavy atom. The van der Waals surface area contributed by atoms with Crippen LogP contribution < -0.4 is 4.74 Å². The summed E-state index contributed by atoms with van der Waals surface area (Å²) >= 11 is 0. The number of benzene rings is 1. The second kappa shape index (κ2) is 5.83. The van der Waals surface area contributed by atoms with Gasteiger partial charge in [-0.1, -0.05) is 0 Å². The van der Waals surface area contributed by atoms with E-state index in [1.54, 1.807) is 6.92 Å². The molecular weight excluding hydrogens is 226 g/mol. The number of carbonyl (C=O) groups is 1. The summed E-state index contributed by atoms with van der Waals surface area (Å²) in [6.45, 7) is 1.72. The van der Waals surface area contributed by atoms with Crippen LogP contribution in [0.4, 0.5) is 5.69 Å². The number of ether oxygens (including phenoxy) is 2. The van der Waals surface area contributed by atoms with Crippen molar-refractivity contribution >= 4 is 11.7 Å². The molecule has 0 radical (unpaired) electrons. The van der Waals surface area contributed by atoms with E-state index in [0.717, 1.165) is 0 Å². The first-order chi connectivity index (χ1) is 8.02. The molecule has 0 aliphatic rings. The number of carbonyl (C=O) groups excluding carboxylic acids is 1. The number of hydrogen-bond donors (Lipinski definition) is 0. The van der Waals surface area contributed by atoms with E-state index in [1.807, 2.05) is 0 Å². The highest BCUT2D eigenvalue weighted by Gasteiger charge is 2.11. The van der Waals surface area contributed by atoms with E-state index in [4.69, 9.17) is 4.74 Å². The van der Waals surface area contributed by atoms with Crippen molar-refractivity contribution < 1.29 is 19.2 Å². The Morgan fingerprint density at radius 3 is 2.47 bits per heavy atom. The van der Waals surface area contributed by atoms with Crippen LogP contribution >= 0.6 is 0 Å². The van der Waals surface area contributed by atoms with Crippen molar-refractivity contribution in [3.63, 3.8) is 0 Å². The van der Waals surface area contributed by atoms with Gasteiger partial charge >= 0.3 is 5.97 Å². The summed E-state index contributed by atoms with van der Waals surface area (Å²) in [4.78, 5) is 20.9. The largest absolute Gasteiger partial charge is 0.490 e. The van der Waals surface area contributed by atoms with Gasteiger partial charge in [-0.2, -0.15) is 0 Å². The Balaban J connectivity index is 2.57. The molecule has 1 rings (SSSR count). The molecule has 0 saturated carbocycles. The van der Waals surface area contributed by atoms with Gasteiger partial charge in [0.1, 0.15) is 11.9 Å². The van der Waals surface area contributed by atoms with E-state index in [-0.39, 0.29) is 24.2 Å². The van der Waals surface area contributed by atoms with Gasteiger partial charge in [0.25, 0.3) is 5.69 Å². The molecule has 0 N–H and O–H groups in total. The van der Waals surface area contributed by atoms with Crippen molar-refractivity contribution in [2.75, 3.05) is 7.11 Å². The van der Waals surface area contributed by atoms with Gasteiger partial charge in [-0.05, 0) is 19.1 Å². The molecule has 1 atom stereocenters. The van der Waals surface area contributed by atoms with Crippen molar-refractivity contribution in [2.45, 2.75) is 19.4 Å². The lowest BCUT2D eigenvalue weighted by molar-refractivity contribution is -0.384. The highest BCUT2D eigenvalue weighted by Crippen LogP contribution is 2.18. The minimum Gasteiger partial charge on any atom is -0.490 e. The van der Waals surface area contributed by atoms with Gasteiger partial charge in [-0.15, -0.1) is 0 Å². The summed E-state index contributed by atoms with van der Waals surface area (Å²) in [7, 11) is 1.31. The molecule has 0 aliphatic heterocycles. The molecule has 1 unspecified atom stereocenters. The highest BCUT2D eigenvalue weighted by molar-refractivity contribution is 5.69. The number of methoxy groups -OCH3 is 1. The lowest BCUT2D eigenvalue weighted by Gasteiger charge is -2.12. The summed E-state index contributed by atoms with van der Waals surface area (Å²) in [6.07, 6.45) is -0.211. The van der Waals surface area contributed by atoms with Gasteiger partial charge in [-0.25, -0.2) is 0 Å². The van der Waals surface area contributed by atoms with Crippen molar-refractivity contribution in [2.24, 2.45) is 0 Å². The number of non-ortho nitro benzene ring substituents is 1. The first-order valence-corrected chi connectivity index (χ1v) is 5.01. The quantitative estimate of drug-likeness (QED) is 0.445. The molecule has 0 aromatic heterocycles. The summed E-state index contributed by atoms with van der Waals surface area (Å²) in [5, 5.41) is 10.4. The third-order valence-corrected chi connectivity index (χ3v) is 2.07.